The van der Waals surface area contributed by atoms with E-state index in [2.05, 4.69) is 10.9 Å². The third-order valence-electron chi connectivity index (χ3n) is 3.74. The number of nitrogens with zero attached hydrogens (tertiary/aromatic N) is 2. The van der Waals surface area contributed by atoms with Crippen molar-refractivity contribution >= 4 is 12.2 Å². The van der Waals surface area contributed by atoms with Crippen LogP contribution >= 0.6 is 0 Å². The van der Waals surface area contributed by atoms with E-state index in [1.807, 2.05) is 0 Å². The highest BCUT2D eigenvalue weighted by Crippen LogP contribution is 2.31. The van der Waals surface area contributed by atoms with E-state index in [1.165, 1.54) is 11.1 Å². The molecule has 3 heterocycles. The van der Waals surface area contributed by atoms with Crippen LogP contribution in [0.25, 0.3) is 0 Å². The lowest BCUT2D eigenvalue weighted by Crippen LogP contribution is -2.54. The number of rotatable bonds is 0. The van der Waals surface area contributed by atoms with E-state index >= 15 is 0 Å². The Bertz CT molecular complexity index is 501. The van der Waals surface area contributed by atoms with Crippen LogP contribution < -0.4 is 10.9 Å². The molecule has 102 valence electrons. The van der Waals surface area contributed by atoms with E-state index < -0.39 is 18.2 Å². The molecule has 2 unspecified atom stereocenters. The smallest absolute Gasteiger partial charge is 0.411 e. The first-order valence-electron chi connectivity index (χ1n) is 6.01. The molecular weight excluding hydrogens is 252 g/mol. The van der Waals surface area contributed by atoms with Crippen molar-refractivity contribution in [1.29, 1.82) is 0 Å². The largest absolute Gasteiger partial charge is 0.465 e. The molecule has 0 spiro atoms. The molecule has 0 aromatic heterocycles. The number of likely N-dealkylation sites (tertiary alicyclic amines) is 1. The van der Waals surface area contributed by atoms with E-state index in [0.29, 0.717) is 13.0 Å². The van der Waals surface area contributed by atoms with Crippen LogP contribution in [-0.4, -0.2) is 57.4 Å². The van der Waals surface area contributed by atoms with Crippen LogP contribution in [0, 0.1) is 0 Å². The first-order valence-corrected chi connectivity index (χ1v) is 6.01. The van der Waals surface area contributed by atoms with Crippen LogP contribution in [-0.2, 0) is 0 Å². The summed E-state index contributed by atoms with van der Waals surface area (Å²) in [5.74, 6) is 0. The molecular formula is C11H14N4O4. The fourth-order valence-corrected chi connectivity index (χ4v) is 2.85. The zero-order valence-corrected chi connectivity index (χ0v) is 10.0. The van der Waals surface area contributed by atoms with Crippen LogP contribution in [0.4, 0.5) is 9.59 Å². The van der Waals surface area contributed by atoms with Crippen LogP contribution in [0.15, 0.2) is 23.5 Å². The maximum Gasteiger partial charge on any atom is 0.411 e. The number of hydrazine groups is 1. The summed E-state index contributed by atoms with van der Waals surface area (Å²) in [5, 5.41) is 18.4. The van der Waals surface area contributed by atoms with Gasteiger partial charge in [0, 0.05) is 12.7 Å². The van der Waals surface area contributed by atoms with Gasteiger partial charge < -0.3 is 15.6 Å². The third kappa shape index (κ3) is 1.80. The predicted octanol–water partition coefficient (Wildman–Crippen LogP) is -0.0235. The molecule has 8 heteroatoms. The minimum absolute atomic E-state index is 0.0639. The molecule has 3 aliphatic heterocycles. The monoisotopic (exact) mass is 266 g/mol. The summed E-state index contributed by atoms with van der Waals surface area (Å²) < 4.78 is 0. The number of carboxylic acid groups (broad SMARTS) is 2. The van der Waals surface area contributed by atoms with Crippen molar-refractivity contribution in [2.45, 2.75) is 18.5 Å². The molecule has 2 amide bonds. The summed E-state index contributed by atoms with van der Waals surface area (Å²) in [4.78, 5) is 24.8. The Hall–Kier alpha value is -2.22. The van der Waals surface area contributed by atoms with Crippen molar-refractivity contribution in [3.63, 3.8) is 0 Å². The van der Waals surface area contributed by atoms with Crippen LogP contribution in [0.3, 0.4) is 0 Å². The second-order valence-electron chi connectivity index (χ2n) is 4.72. The topological polar surface area (TPSA) is 105 Å². The average Bonchev–Trinajstić information content (AvgIpc) is 2.66. The lowest BCUT2D eigenvalue weighted by Gasteiger charge is -2.38. The highest BCUT2D eigenvalue weighted by Gasteiger charge is 2.42. The molecule has 8 nitrogen and oxygen atoms in total. The first kappa shape index (κ1) is 11.8. The zero-order valence-electron chi connectivity index (χ0n) is 10.0. The summed E-state index contributed by atoms with van der Waals surface area (Å²) in [6.07, 6.45) is 1.70. The van der Waals surface area contributed by atoms with Gasteiger partial charge in [0.15, 0.2) is 0 Å². The molecule has 0 aromatic rings. The van der Waals surface area contributed by atoms with Crippen molar-refractivity contribution in [3.8, 4) is 0 Å². The minimum Gasteiger partial charge on any atom is -0.465 e. The van der Waals surface area contributed by atoms with Crippen molar-refractivity contribution < 1.29 is 19.8 Å². The molecule has 2 atom stereocenters. The first-order chi connectivity index (χ1) is 9.08. The quantitative estimate of drug-likeness (QED) is 0.491. The van der Waals surface area contributed by atoms with E-state index in [9.17, 15) is 14.7 Å². The average molecular weight is 266 g/mol. The fourth-order valence-electron chi connectivity index (χ4n) is 2.85. The number of carbonyl (C=O) groups is 2. The Morgan fingerprint density at radius 1 is 1.32 bits per heavy atom. The molecule has 0 saturated carbocycles. The molecule has 1 saturated heterocycles. The van der Waals surface area contributed by atoms with Gasteiger partial charge in [0.1, 0.15) is 0 Å². The van der Waals surface area contributed by atoms with E-state index in [1.54, 1.807) is 6.08 Å². The number of amides is 2. The predicted molar refractivity (Wildman–Crippen MR) is 64.1 cm³/mol. The molecule has 0 aliphatic carbocycles. The van der Waals surface area contributed by atoms with Crippen LogP contribution in [0.2, 0.25) is 0 Å². The Labute approximate surface area is 108 Å². The van der Waals surface area contributed by atoms with Crippen molar-refractivity contribution in [2.75, 3.05) is 13.1 Å². The second-order valence-corrected chi connectivity index (χ2v) is 4.72. The van der Waals surface area contributed by atoms with E-state index in [4.69, 9.17) is 5.11 Å². The number of hydrogen-bond acceptors (Lipinski definition) is 4. The van der Waals surface area contributed by atoms with Gasteiger partial charge in [-0.25, -0.2) is 15.0 Å². The molecule has 3 rings (SSSR count). The van der Waals surface area contributed by atoms with Gasteiger partial charge in [-0.3, -0.25) is 9.80 Å². The zero-order chi connectivity index (χ0) is 13.6. The molecule has 4 N–H and O–H groups in total. The molecule has 0 radical (unpaired) electrons. The Balaban J connectivity index is 1.99. The number of piperidine rings is 1. The highest BCUT2D eigenvalue weighted by molar-refractivity contribution is 5.69. The summed E-state index contributed by atoms with van der Waals surface area (Å²) >= 11 is 0. The van der Waals surface area contributed by atoms with Gasteiger partial charge in [0.05, 0.1) is 24.3 Å². The standard InChI is InChI=1S/C11H14N4O4/c16-10(17)14-3-1-6-9-7(13-12-6)2-4-15(11(18)19)8(9)5-14/h1,3,7-8,12-13H,2,4-5H2,(H,16,17)(H,18,19). The second kappa shape index (κ2) is 4.16. The van der Waals surface area contributed by atoms with E-state index in [0.717, 1.165) is 16.2 Å². The SMILES string of the molecule is O=C(O)N1C=CC2=C3C(CCN(C(=O)O)C3C1)NN2. The minimum atomic E-state index is -1.09. The van der Waals surface area contributed by atoms with Crippen molar-refractivity contribution in [3.05, 3.63) is 23.5 Å². The molecule has 19 heavy (non-hydrogen) atoms. The summed E-state index contributed by atoms with van der Waals surface area (Å²) in [7, 11) is 0. The van der Waals surface area contributed by atoms with Gasteiger partial charge >= 0.3 is 12.2 Å². The van der Waals surface area contributed by atoms with Gasteiger partial charge in [-0.1, -0.05) is 0 Å². The van der Waals surface area contributed by atoms with Gasteiger partial charge in [-0.05, 0) is 18.1 Å². The molecule has 0 aromatic carbocycles. The Morgan fingerprint density at radius 2 is 2.11 bits per heavy atom. The molecule has 1 fully saturated rings. The fraction of sp³-hybridized carbons (Fsp3) is 0.455. The maximum atomic E-state index is 11.3. The van der Waals surface area contributed by atoms with Gasteiger partial charge in [0.2, 0.25) is 0 Å². The number of nitrogens with one attached hydrogen (secondary N) is 2. The van der Waals surface area contributed by atoms with Crippen LogP contribution in [0.1, 0.15) is 6.42 Å². The molecule has 0 bridgehead atoms. The van der Waals surface area contributed by atoms with Gasteiger partial charge in [-0.2, -0.15) is 0 Å². The van der Waals surface area contributed by atoms with Crippen molar-refractivity contribution in [2.24, 2.45) is 0 Å². The Kier molecular flexibility index (Phi) is 2.59. The van der Waals surface area contributed by atoms with Gasteiger partial charge in [-0.15, -0.1) is 0 Å². The lowest BCUT2D eigenvalue weighted by atomic mass is 9.91. The normalized spacial score (nSPS) is 28.8. The van der Waals surface area contributed by atoms with Gasteiger partial charge in [0.25, 0.3) is 0 Å². The van der Waals surface area contributed by atoms with Crippen molar-refractivity contribution in [1.82, 2.24) is 20.7 Å². The summed E-state index contributed by atoms with van der Waals surface area (Å²) in [6.45, 7) is 0.514. The Morgan fingerprint density at radius 3 is 2.79 bits per heavy atom. The number of hydrogen-bond donors (Lipinski definition) is 4. The summed E-state index contributed by atoms with van der Waals surface area (Å²) in [5.41, 5.74) is 7.79. The summed E-state index contributed by atoms with van der Waals surface area (Å²) in [6, 6.07) is -0.381. The lowest BCUT2D eigenvalue weighted by molar-refractivity contribution is 0.105. The van der Waals surface area contributed by atoms with Crippen LogP contribution in [0.5, 0.6) is 0 Å². The highest BCUT2D eigenvalue weighted by atomic mass is 16.4. The number of allylic oxidation sites excluding steroid dienone is 1. The maximum absolute atomic E-state index is 11.3. The molecule has 3 aliphatic rings. The van der Waals surface area contributed by atoms with E-state index in [-0.39, 0.29) is 12.6 Å². The third-order valence-corrected chi connectivity index (χ3v) is 3.74.